The largest absolute Gasteiger partial charge is 0.357 e. The van der Waals surface area contributed by atoms with Crippen molar-refractivity contribution in [3.8, 4) is 0 Å². The van der Waals surface area contributed by atoms with E-state index in [2.05, 4.69) is 25.7 Å². The van der Waals surface area contributed by atoms with Crippen molar-refractivity contribution in [1.82, 2.24) is 15.7 Å². The average Bonchev–Trinajstić information content (AvgIpc) is 3.08. The molecule has 0 unspecified atom stereocenters. The van der Waals surface area contributed by atoms with E-state index in [1.165, 1.54) is 12.8 Å². The molecule has 22 heavy (non-hydrogen) atoms. The number of aromatic nitrogens is 1. The Kier molecular flexibility index (Phi) is 4.32. The number of nitrogens with one attached hydrogen (secondary N) is 2. The first kappa shape index (κ1) is 14.5. The Morgan fingerprint density at radius 3 is 2.73 bits per heavy atom. The van der Waals surface area contributed by atoms with Crippen LogP contribution in [0.15, 0.2) is 23.4 Å². The van der Waals surface area contributed by atoms with Crippen LogP contribution >= 0.6 is 0 Å². The lowest BCUT2D eigenvalue weighted by Crippen LogP contribution is -2.36. The lowest BCUT2D eigenvalue weighted by Gasteiger charge is -2.16. The van der Waals surface area contributed by atoms with Gasteiger partial charge in [0.05, 0.1) is 0 Å². The van der Waals surface area contributed by atoms with Crippen molar-refractivity contribution in [2.75, 3.05) is 18.0 Å². The zero-order valence-corrected chi connectivity index (χ0v) is 12.3. The summed E-state index contributed by atoms with van der Waals surface area (Å²) < 4.78 is 0. The maximum Gasteiger partial charge on any atom is 0.267 e. The fourth-order valence-corrected chi connectivity index (χ4v) is 2.58. The van der Waals surface area contributed by atoms with E-state index in [1.54, 1.807) is 6.20 Å². The Labute approximate surface area is 128 Å². The third-order valence-electron chi connectivity index (χ3n) is 3.86. The van der Waals surface area contributed by atoms with Crippen molar-refractivity contribution in [2.45, 2.75) is 32.2 Å². The van der Waals surface area contributed by atoms with Crippen molar-refractivity contribution < 1.29 is 9.59 Å². The van der Waals surface area contributed by atoms with Gasteiger partial charge in [-0.1, -0.05) is 6.07 Å². The molecule has 116 valence electrons. The summed E-state index contributed by atoms with van der Waals surface area (Å²) in [6, 6.07) is 3.97. The zero-order chi connectivity index (χ0) is 15.4. The molecule has 2 aliphatic heterocycles. The molecular formula is C15H19N5O2. The summed E-state index contributed by atoms with van der Waals surface area (Å²) in [5, 5.41) is 6.57. The van der Waals surface area contributed by atoms with Gasteiger partial charge in [0.25, 0.3) is 5.91 Å². The number of rotatable bonds is 4. The molecule has 3 rings (SSSR count). The van der Waals surface area contributed by atoms with Crippen LogP contribution < -0.4 is 15.6 Å². The Balaban J connectivity index is 1.53. The molecule has 7 nitrogen and oxygen atoms in total. The van der Waals surface area contributed by atoms with Gasteiger partial charge < -0.3 is 10.2 Å². The molecule has 1 aromatic heterocycles. The topological polar surface area (TPSA) is 86.7 Å². The molecule has 0 aromatic carbocycles. The summed E-state index contributed by atoms with van der Waals surface area (Å²) in [5.74, 6) is 0.591. The lowest BCUT2D eigenvalue weighted by molar-refractivity contribution is -0.121. The summed E-state index contributed by atoms with van der Waals surface area (Å²) in [6.45, 7) is 2.53. The minimum Gasteiger partial charge on any atom is -0.357 e. The monoisotopic (exact) mass is 301 g/mol. The Morgan fingerprint density at radius 1 is 1.27 bits per heavy atom. The molecule has 0 bridgehead atoms. The number of carbonyl (C=O) groups is 2. The molecular weight excluding hydrogens is 282 g/mol. The Bertz CT molecular complexity index is 590. The van der Waals surface area contributed by atoms with E-state index < -0.39 is 0 Å². The fraction of sp³-hybridized carbons (Fsp3) is 0.467. The number of carbonyl (C=O) groups excluding carboxylic acids is 2. The van der Waals surface area contributed by atoms with Crippen LogP contribution in [0.25, 0.3) is 0 Å². The molecule has 2 aliphatic rings. The molecule has 2 N–H and O–H groups in total. The highest BCUT2D eigenvalue weighted by Crippen LogP contribution is 2.17. The van der Waals surface area contributed by atoms with Gasteiger partial charge in [-0.15, -0.1) is 0 Å². The fourth-order valence-electron chi connectivity index (χ4n) is 2.58. The highest BCUT2D eigenvalue weighted by molar-refractivity contribution is 6.39. The molecule has 1 aromatic rings. The number of hydrazone groups is 1. The van der Waals surface area contributed by atoms with Crippen molar-refractivity contribution in [2.24, 2.45) is 5.10 Å². The van der Waals surface area contributed by atoms with Crippen LogP contribution in [-0.2, 0) is 16.1 Å². The molecule has 3 heterocycles. The van der Waals surface area contributed by atoms with Crippen LogP contribution in [0.2, 0.25) is 0 Å². The quantitative estimate of drug-likeness (QED) is 0.851. The van der Waals surface area contributed by atoms with Crippen molar-refractivity contribution in [1.29, 1.82) is 0 Å². The molecule has 1 saturated heterocycles. The van der Waals surface area contributed by atoms with Crippen LogP contribution in [0.5, 0.6) is 0 Å². The van der Waals surface area contributed by atoms with Crippen LogP contribution in [0.4, 0.5) is 5.82 Å². The Morgan fingerprint density at radius 2 is 2.09 bits per heavy atom. The third kappa shape index (κ3) is 3.41. The molecule has 0 saturated carbocycles. The van der Waals surface area contributed by atoms with Gasteiger partial charge in [-0.25, -0.2) is 10.4 Å². The van der Waals surface area contributed by atoms with Gasteiger partial charge in [0.15, 0.2) is 0 Å². The smallest absolute Gasteiger partial charge is 0.267 e. The van der Waals surface area contributed by atoms with E-state index in [0.717, 1.165) is 24.5 Å². The van der Waals surface area contributed by atoms with E-state index in [-0.39, 0.29) is 11.8 Å². The van der Waals surface area contributed by atoms with Gasteiger partial charge in [0.2, 0.25) is 5.91 Å². The van der Waals surface area contributed by atoms with Crippen molar-refractivity contribution in [3.63, 3.8) is 0 Å². The van der Waals surface area contributed by atoms with Crippen molar-refractivity contribution in [3.05, 3.63) is 23.9 Å². The molecule has 2 amide bonds. The summed E-state index contributed by atoms with van der Waals surface area (Å²) >= 11 is 0. The van der Waals surface area contributed by atoms with Crippen LogP contribution in [0, 0.1) is 0 Å². The van der Waals surface area contributed by atoms with Gasteiger partial charge in [-0.05, 0) is 24.5 Å². The number of amides is 2. The van der Waals surface area contributed by atoms with E-state index in [4.69, 9.17) is 0 Å². The first-order valence-electron chi connectivity index (χ1n) is 7.56. The molecule has 0 radical (unpaired) electrons. The molecule has 0 atom stereocenters. The first-order valence-corrected chi connectivity index (χ1v) is 7.56. The number of hydrogen-bond donors (Lipinski definition) is 2. The maximum atomic E-state index is 11.9. The minimum absolute atomic E-state index is 0.154. The first-order chi connectivity index (χ1) is 10.7. The van der Waals surface area contributed by atoms with Gasteiger partial charge in [0, 0.05) is 38.7 Å². The summed E-state index contributed by atoms with van der Waals surface area (Å²) in [5.41, 5.74) is 3.62. The second-order valence-corrected chi connectivity index (χ2v) is 5.49. The van der Waals surface area contributed by atoms with E-state index in [9.17, 15) is 9.59 Å². The lowest BCUT2D eigenvalue weighted by atomic mass is 10.1. The van der Waals surface area contributed by atoms with Gasteiger partial charge >= 0.3 is 0 Å². The normalized spacial score (nSPS) is 17.9. The average molecular weight is 301 g/mol. The predicted octanol–water partition coefficient (Wildman–Crippen LogP) is 0.564. The third-order valence-corrected chi connectivity index (χ3v) is 3.86. The SMILES string of the molecule is O=C1CCC(C(=O)NCc2ccc(N3CCCC3)nc2)=NN1. The molecule has 1 fully saturated rings. The summed E-state index contributed by atoms with van der Waals surface area (Å²) in [7, 11) is 0. The van der Waals surface area contributed by atoms with Gasteiger partial charge in [-0.3, -0.25) is 9.59 Å². The standard InChI is InChI=1S/C15H19N5O2/c21-14-6-4-12(18-19-14)15(22)17-10-11-3-5-13(16-9-11)20-7-1-2-8-20/h3,5,9H,1-2,4,6-8,10H2,(H,17,22)(H,19,21). The van der Waals surface area contributed by atoms with E-state index >= 15 is 0 Å². The summed E-state index contributed by atoms with van der Waals surface area (Å²) in [4.78, 5) is 29.6. The van der Waals surface area contributed by atoms with Crippen molar-refractivity contribution >= 4 is 23.3 Å². The van der Waals surface area contributed by atoms with E-state index in [1.807, 2.05) is 12.1 Å². The number of hydrogen-bond acceptors (Lipinski definition) is 5. The summed E-state index contributed by atoms with van der Waals surface area (Å²) in [6.07, 6.45) is 4.91. The van der Waals surface area contributed by atoms with Crippen LogP contribution in [0.1, 0.15) is 31.2 Å². The molecule has 0 aliphatic carbocycles. The predicted molar refractivity (Wildman–Crippen MR) is 82.3 cm³/mol. The van der Waals surface area contributed by atoms with Gasteiger partial charge in [-0.2, -0.15) is 5.10 Å². The second kappa shape index (κ2) is 6.55. The van der Waals surface area contributed by atoms with Crippen LogP contribution in [0.3, 0.4) is 0 Å². The highest BCUT2D eigenvalue weighted by Gasteiger charge is 2.18. The van der Waals surface area contributed by atoms with E-state index in [0.29, 0.717) is 25.1 Å². The number of nitrogens with zero attached hydrogens (tertiary/aromatic N) is 3. The minimum atomic E-state index is -0.247. The zero-order valence-electron chi connectivity index (χ0n) is 12.3. The molecule has 0 spiro atoms. The maximum absolute atomic E-state index is 11.9. The number of anilines is 1. The van der Waals surface area contributed by atoms with Crippen LogP contribution in [-0.4, -0.2) is 35.6 Å². The Hall–Kier alpha value is -2.44. The second-order valence-electron chi connectivity index (χ2n) is 5.49. The highest BCUT2D eigenvalue weighted by atomic mass is 16.2. The van der Waals surface area contributed by atoms with Gasteiger partial charge in [0.1, 0.15) is 11.5 Å². The number of pyridine rings is 1. The molecule has 7 heteroatoms.